The highest BCUT2D eigenvalue weighted by molar-refractivity contribution is 5.76. The van der Waals surface area contributed by atoms with E-state index in [0.717, 1.165) is 6.42 Å². The van der Waals surface area contributed by atoms with Crippen molar-refractivity contribution in [3.05, 3.63) is 0 Å². The summed E-state index contributed by atoms with van der Waals surface area (Å²) < 4.78 is 0. The molecule has 0 spiro atoms. The molecule has 1 aliphatic heterocycles. The number of carbonyl (C=O) groups excluding carboxylic acids is 1. The minimum Gasteiger partial charge on any atom is -0.481 e. The van der Waals surface area contributed by atoms with Gasteiger partial charge in [-0.15, -0.1) is 5.92 Å². The molecule has 0 aromatic carbocycles. The Morgan fingerprint density at radius 1 is 1.56 bits per heavy atom. The summed E-state index contributed by atoms with van der Waals surface area (Å²) in [7, 11) is 0. The standard InChI is InChI=1S/C11H16N2O3/c1-2-3-6-12-11(16)13-7-4-5-9(8-13)10(14)15/h9H,4-8H2,1H3,(H,12,16)(H,14,15)/t9-/m0/s1. The van der Waals surface area contributed by atoms with Crippen molar-refractivity contribution in [1.82, 2.24) is 10.2 Å². The number of piperidine rings is 1. The molecule has 1 aliphatic rings. The topological polar surface area (TPSA) is 69.6 Å². The molecular weight excluding hydrogens is 208 g/mol. The highest BCUT2D eigenvalue weighted by Gasteiger charge is 2.27. The Labute approximate surface area is 94.8 Å². The summed E-state index contributed by atoms with van der Waals surface area (Å²) in [5, 5.41) is 11.5. The first-order chi connectivity index (χ1) is 7.65. The number of nitrogens with zero attached hydrogens (tertiary/aromatic N) is 1. The van der Waals surface area contributed by atoms with Gasteiger partial charge < -0.3 is 15.3 Å². The summed E-state index contributed by atoms with van der Waals surface area (Å²) in [6, 6.07) is -0.228. The van der Waals surface area contributed by atoms with E-state index in [9.17, 15) is 9.59 Å². The maximum atomic E-state index is 11.6. The molecule has 1 fully saturated rings. The van der Waals surface area contributed by atoms with Gasteiger partial charge in [-0.05, 0) is 19.8 Å². The van der Waals surface area contributed by atoms with Gasteiger partial charge in [0.2, 0.25) is 0 Å². The smallest absolute Gasteiger partial charge is 0.318 e. The number of likely N-dealkylation sites (tertiary alicyclic amines) is 1. The highest BCUT2D eigenvalue weighted by Crippen LogP contribution is 2.16. The molecule has 2 amide bonds. The summed E-state index contributed by atoms with van der Waals surface area (Å²) >= 11 is 0. The minimum atomic E-state index is -0.828. The molecule has 1 atom stereocenters. The van der Waals surface area contributed by atoms with Crippen LogP contribution in [0.15, 0.2) is 0 Å². The Bertz CT molecular complexity index is 330. The molecule has 16 heavy (non-hydrogen) atoms. The monoisotopic (exact) mass is 224 g/mol. The fourth-order valence-electron chi connectivity index (χ4n) is 1.68. The molecule has 0 bridgehead atoms. The zero-order valence-corrected chi connectivity index (χ0v) is 9.32. The van der Waals surface area contributed by atoms with Crippen molar-refractivity contribution < 1.29 is 14.7 Å². The molecule has 0 aromatic rings. The number of carboxylic acid groups (broad SMARTS) is 1. The number of urea groups is 1. The summed E-state index contributed by atoms with van der Waals surface area (Å²) in [6.45, 7) is 2.92. The van der Waals surface area contributed by atoms with Crippen molar-refractivity contribution in [1.29, 1.82) is 0 Å². The molecule has 1 rings (SSSR count). The van der Waals surface area contributed by atoms with Crippen molar-refractivity contribution in [3.8, 4) is 11.8 Å². The van der Waals surface area contributed by atoms with E-state index in [1.807, 2.05) is 0 Å². The summed E-state index contributed by atoms with van der Waals surface area (Å²) in [5.74, 6) is 4.14. The largest absolute Gasteiger partial charge is 0.481 e. The van der Waals surface area contributed by atoms with Gasteiger partial charge in [0.15, 0.2) is 0 Å². The number of rotatable bonds is 2. The van der Waals surface area contributed by atoms with Crippen molar-refractivity contribution in [2.45, 2.75) is 19.8 Å². The fourth-order valence-corrected chi connectivity index (χ4v) is 1.68. The Morgan fingerprint density at radius 2 is 2.31 bits per heavy atom. The predicted octanol–water partition coefficient (Wildman–Crippen LogP) is 0.516. The number of hydrogen-bond donors (Lipinski definition) is 2. The van der Waals surface area contributed by atoms with Crippen LogP contribution in [0.5, 0.6) is 0 Å². The van der Waals surface area contributed by atoms with Crippen LogP contribution in [-0.4, -0.2) is 41.6 Å². The number of nitrogens with one attached hydrogen (secondary N) is 1. The van der Waals surface area contributed by atoms with Gasteiger partial charge >= 0.3 is 12.0 Å². The number of amides is 2. The summed E-state index contributed by atoms with van der Waals surface area (Å²) in [6.07, 6.45) is 1.39. The van der Waals surface area contributed by atoms with Crippen LogP contribution in [0, 0.1) is 17.8 Å². The Balaban J connectivity index is 2.42. The number of carbonyl (C=O) groups is 2. The maximum absolute atomic E-state index is 11.6. The molecular formula is C11H16N2O3. The van der Waals surface area contributed by atoms with E-state index in [0.29, 0.717) is 26.1 Å². The van der Waals surface area contributed by atoms with Crippen LogP contribution in [0.3, 0.4) is 0 Å². The molecule has 5 heteroatoms. The van der Waals surface area contributed by atoms with Gasteiger partial charge in [-0.25, -0.2) is 4.79 Å². The van der Waals surface area contributed by atoms with Crippen molar-refractivity contribution >= 4 is 12.0 Å². The lowest BCUT2D eigenvalue weighted by Gasteiger charge is -2.30. The van der Waals surface area contributed by atoms with E-state index >= 15 is 0 Å². The third kappa shape index (κ3) is 3.46. The first-order valence-electron chi connectivity index (χ1n) is 5.30. The molecule has 1 heterocycles. The lowest BCUT2D eigenvalue weighted by molar-refractivity contribution is -0.143. The molecule has 5 nitrogen and oxygen atoms in total. The summed E-state index contributed by atoms with van der Waals surface area (Å²) in [5.41, 5.74) is 0. The maximum Gasteiger partial charge on any atom is 0.318 e. The molecule has 0 aliphatic carbocycles. The van der Waals surface area contributed by atoms with Gasteiger partial charge in [0, 0.05) is 13.1 Å². The minimum absolute atomic E-state index is 0.228. The third-order valence-electron chi connectivity index (χ3n) is 2.56. The van der Waals surface area contributed by atoms with Gasteiger partial charge in [-0.2, -0.15) is 0 Å². The molecule has 1 saturated heterocycles. The second-order valence-electron chi connectivity index (χ2n) is 3.71. The Kier molecular flexibility index (Phi) is 4.65. The predicted molar refractivity (Wildman–Crippen MR) is 58.8 cm³/mol. The van der Waals surface area contributed by atoms with Crippen LogP contribution in [0.4, 0.5) is 4.79 Å². The number of aliphatic carboxylic acids is 1. The first kappa shape index (κ1) is 12.4. The molecule has 88 valence electrons. The lowest BCUT2D eigenvalue weighted by Crippen LogP contribution is -2.47. The second-order valence-corrected chi connectivity index (χ2v) is 3.71. The van der Waals surface area contributed by atoms with Crippen molar-refractivity contribution in [2.75, 3.05) is 19.6 Å². The third-order valence-corrected chi connectivity index (χ3v) is 2.56. The van der Waals surface area contributed by atoms with Crippen LogP contribution in [0.1, 0.15) is 19.8 Å². The highest BCUT2D eigenvalue weighted by atomic mass is 16.4. The van der Waals surface area contributed by atoms with Crippen LogP contribution in [0.25, 0.3) is 0 Å². The average molecular weight is 224 g/mol. The number of hydrogen-bond acceptors (Lipinski definition) is 2. The lowest BCUT2D eigenvalue weighted by atomic mass is 9.99. The first-order valence-corrected chi connectivity index (χ1v) is 5.30. The van der Waals surface area contributed by atoms with Gasteiger partial charge in [-0.3, -0.25) is 4.79 Å². The van der Waals surface area contributed by atoms with E-state index in [-0.39, 0.29) is 6.03 Å². The Hall–Kier alpha value is -1.70. The van der Waals surface area contributed by atoms with Gasteiger partial charge in [0.25, 0.3) is 0 Å². The van der Waals surface area contributed by atoms with Crippen LogP contribution < -0.4 is 5.32 Å². The molecule has 2 N–H and O–H groups in total. The van der Waals surface area contributed by atoms with E-state index in [1.54, 1.807) is 11.8 Å². The van der Waals surface area contributed by atoms with E-state index < -0.39 is 11.9 Å². The van der Waals surface area contributed by atoms with E-state index in [2.05, 4.69) is 17.2 Å². The average Bonchev–Trinajstić information content (AvgIpc) is 2.29. The molecule has 0 unspecified atom stereocenters. The SMILES string of the molecule is CC#CCNC(=O)N1CCC[C@H](C(=O)O)C1. The van der Waals surface area contributed by atoms with E-state index in [1.165, 1.54) is 0 Å². The quantitative estimate of drug-likeness (QED) is 0.672. The van der Waals surface area contributed by atoms with Crippen molar-refractivity contribution in [3.63, 3.8) is 0 Å². The van der Waals surface area contributed by atoms with Gasteiger partial charge in [-0.1, -0.05) is 5.92 Å². The van der Waals surface area contributed by atoms with Gasteiger partial charge in [0.05, 0.1) is 12.5 Å². The van der Waals surface area contributed by atoms with Crippen LogP contribution in [0.2, 0.25) is 0 Å². The normalized spacial score (nSPS) is 19.6. The zero-order chi connectivity index (χ0) is 12.0. The number of carboxylic acids is 1. The Morgan fingerprint density at radius 3 is 2.94 bits per heavy atom. The molecule has 0 radical (unpaired) electrons. The summed E-state index contributed by atoms with van der Waals surface area (Å²) in [4.78, 5) is 23.9. The van der Waals surface area contributed by atoms with Crippen LogP contribution >= 0.6 is 0 Å². The van der Waals surface area contributed by atoms with Crippen LogP contribution in [-0.2, 0) is 4.79 Å². The molecule has 0 saturated carbocycles. The fraction of sp³-hybridized carbons (Fsp3) is 0.636. The zero-order valence-electron chi connectivity index (χ0n) is 9.32. The molecule has 0 aromatic heterocycles. The van der Waals surface area contributed by atoms with Crippen molar-refractivity contribution in [2.24, 2.45) is 5.92 Å². The van der Waals surface area contributed by atoms with E-state index in [4.69, 9.17) is 5.11 Å². The van der Waals surface area contributed by atoms with Gasteiger partial charge in [0.1, 0.15) is 0 Å². The second kappa shape index (κ2) is 6.01.